The number of fused-ring (bicyclic) bond motifs is 1. The molecule has 0 saturated carbocycles. The van der Waals surface area contributed by atoms with Crippen molar-refractivity contribution in [1.29, 1.82) is 0 Å². The molecule has 2 aromatic rings. The lowest BCUT2D eigenvalue weighted by Crippen LogP contribution is -2.29. The van der Waals surface area contributed by atoms with Gasteiger partial charge in [-0.05, 0) is 22.0 Å². The van der Waals surface area contributed by atoms with Gasteiger partial charge in [-0.1, -0.05) is 0 Å². The number of carbonyl (C=O) groups is 2. The Morgan fingerprint density at radius 2 is 1.81 bits per heavy atom. The third-order valence-corrected chi connectivity index (χ3v) is 4.06. The van der Waals surface area contributed by atoms with E-state index in [1.807, 2.05) is 11.1 Å². The van der Waals surface area contributed by atoms with Gasteiger partial charge in [0.15, 0.2) is 0 Å². The Labute approximate surface area is 159 Å². The van der Waals surface area contributed by atoms with Crippen LogP contribution < -0.4 is 4.90 Å². The highest BCUT2D eigenvalue weighted by Crippen LogP contribution is 2.23. The first-order valence-electron chi connectivity index (χ1n) is 7.53. The van der Waals surface area contributed by atoms with Gasteiger partial charge < -0.3 is 19.7 Å². The molecule has 3 heterocycles. The summed E-state index contributed by atoms with van der Waals surface area (Å²) in [6.07, 6.45) is 1.08. The maximum atomic E-state index is 11.4. The molecular weight excluding hydrogens is 437 g/mol. The number of nitrogens with zero attached hydrogens (tertiary/aromatic N) is 4. The summed E-state index contributed by atoms with van der Waals surface area (Å²) < 4.78 is 34.5. The summed E-state index contributed by atoms with van der Waals surface area (Å²) in [5, 5.41) is 16.4. The fourth-order valence-corrected chi connectivity index (χ4v) is 2.73. The summed E-state index contributed by atoms with van der Waals surface area (Å²) in [5.41, 5.74) is 0.221. The summed E-state index contributed by atoms with van der Waals surface area (Å²) in [7, 11) is 0. The zero-order valence-corrected chi connectivity index (χ0v) is 15.2. The molecule has 0 saturated heterocycles. The molecule has 1 aliphatic heterocycles. The average molecular weight is 451 g/mol. The second kappa shape index (κ2) is 8.37. The third-order valence-electron chi connectivity index (χ3n) is 3.62. The van der Waals surface area contributed by atoms with Crippen molar-refractivity contribution in [2.45, 2.75) is 19.1 Å². The Hall–Kier alpha value is -2.63. The average Bonchev–Trinajstić information content (AvgIpc) is 2.93. The van der Waals surface area contributed by atoms with Crippen LogP contribution in [0, 0.1) is 0 Å². The van der Waals surface area contributed by atoms with Gasteiger partial charge in [-0.2, -0.15) is 13.2 Å². The Bertz CT molecular complexity index is 818. The number of hydrogen-bond donors (Lipinski definition) is 2. The number of imidazole rings is 1. The van der Waals surface area contributed by atoms with E-state index in [-0.39, 0.29) is 5.56 Å². The largest absolute Gasteiger partial charge is 0.490 e. The van der Waals surface area contributed by atoms with Crippen LogP contribution in [0.4, 0.5) is 19.0 Å². The number of rotatable bonds is 2. The van der Waals surface area contributed by atoms with E-state index in [4.69, 9.17) is 9.90 Å². The summed E-state index contributed by atoms with van der Waals surface area (Å²) >= 11 is 3.26. The van der Waals surface area contributed by atoms with Gasteiger partial charge in [-0.15, -0.1) is 0 Å². The number of aliphatic carboxylic acids is 1. The van der Waals surface area contributed by atoms with E-state index in [1.54, 1.807) is 18.5 Å². The monoisotopic (exact) mass is 450 g/mol. The molecule has 146 valence electrons. The number of carboxylic acids is 2. The minimum atomic E-state index is -5.08. The molecule has 0 aliphatic carbocycles. The molecule has 0 aromatic carbocycles. The van der Waals surface area contributed by atoms with Crippen LogP contribution in [-0.2, 0) is 17.8 Å². The van der Waals surface area contributed by atoms with Crippen molar-refractivity contribution >= 4 is 33.7 Å². The van der Waals surface area contributed by atoms with E-state index in [2.05, 4.69) is 30.5 Å². The molecule has 0 atom stereocenters. The molecule has 2 N–H and O–H groups in total. The maximum absolute atomic E-state index is 11.4. The molecule has 2 aromatic heterocycles. The lowest BCUT2D eigenvalue weighted by Gasteiger charge is -2.22. The summed E-state index contributed by atoms with van der Waals surface area (Å²) in [5.74, 6) is -2.17. The third kappa shape index (κ3) is 5.42. The molecule has 0 fully saturated rings. The van der Waals surface area contributed by atoms with Gasteiger partial charge in [0.25, 0.3) is 0 Å². The Kier molecular flexibility index (Phi) is 6.41. The van der Waals surface area contributed by atoms with Gasteiger partial charge >= 0.3 is 18.1 Å². The van der Waals surface area contributed by atoms with Crippen molar-refractivity contribution in [2.75, 3.05) is 18.0 Å². The first-order chi connectivity index (χ1) is 12.6. The van der Waals surface area contributed by atoms with E-state index in [0.717, 1.165) is 25.3 Å². The highest BCUT2D eigenvalue weighted by molar-refractivity contribution is 9.10. The molecule has 3 rings (SSSR count). The molecule has 27 heavy (non-hydrogen) atoms. The van der Waals surface area contributed by atoms with Gasteiger partial charge in [-0.3, -0.25) is 0 Å². The van der Waals surface area contributed by atoms with Gasteiger partial charge in [0, 0.05) is 49.1 Å². The van der Waals surface area contributed by atoms with Crippen LogP contribution >= 0.6 is 15.9 Å². The molecule has 1 aliphatic rings. The SMILES string of the molecule is O=C(O)C(F)(F)F.O=C(O)c1cc(Br)cnc1N1CCc2nccn2CC1. The highest BCUT2D eigenvalue weighted by atomic mass is 79.9. The smallest absolute Gasteiger partial charge is 0.478 e. The van der Waals surface area contributed by atoms with Crippen molar-refractivity contribution in [3.8, 4) is 0 Å². The Morgan fingerprint density at radius 3 is 2.41 bits per heavy atom. The minimum Gasteiger partial charge on any atom is -0.478 e. The van der Waals surface area contributed by atoms with E-state index >= 15 is 0 Å². The van der Waals surface area contributed by atoms with Crippen LogP contribution in [0.5, 0.6) is 0 Å². The molecule has 0 radical (unpaired) electrons. The van der Waals surface area contributed by atoms with Crippen LogP contribution in [0.2, 0.25) is 0 Å². The van der Waals surface area contributed by atoms with E-state index < -0.39 is 18.1 Å². The summed E-state index contributed by atoms with van der Waals surface area (Å²) in [6, 6.07) is 1.59. The quantitative estimate of drug-likeness (QED) is 0.722. The van der Waals surface area contributed by atoms with Crippen LogP contribution in [0.1, 0.15) is 16.2 Å². The van der Waals surface area contributed by atoms with E-state index in [0.29, 0.717) is 16.8 Å². The van der Waals surface area contributed by atoms with Crippen molar-refractivity contribution < 1.29 is 33.0 Å². The number of carboxylic acid groups (broad SMARTS) is 2. The maximum Gasteiger partial charge on any atom is 0.490 e. The van der Waals surface area contributed by atoms with Gasteiger partial charge in [-0.25, -0.2) is 19.6 Å². The number of hydrogen-bond acceptors (Lipinski definition) is 5. The molecular formula is C15H14BrF3N4O4. The number of aromatic carboxylic acids is 1. The number of anilines is 1. The lowest BCUT2D eigenvalue weighted by molar-refractivity contribution is -0.192. The number of alkyl halides is 3. The molecule has 0 amide bonds. The van der Waals surface area contributed by atoms with Crippen molar-refractivity contribution in [3.63, 3.8) is 0 Å². The number of aromatic nitrogens is 3. The summed E-state index contributed by atoms with van der Waals surface area (Å²) in [4.78, 5) is 30.9. The fraction of sp³-hybridized carbons (Fsp3) is 0.333. The van der Waals surface area contributed by atoms with Gasteiger partial charge in [0.2, 0.25) is 0 Å². The Morgan fingerprint density at radius 1 is 1.15 bits per heavy atom. The second-order valence-electron chi connectivity index (χ2n) is 5.41. The predicted molar refractivity (Wildman–Crippen MR) is 90.7 cm³/mol. The topological polar surface area (TPSA) is 109 Å². The zero-order valence-electron chi connectivity index (χ0n) is 13.6. The van der Waals surface area contributed by atoms with Crippen molar-refractivity contribution in [2.24, 2.45) is 0 Å². The van der Waals surface area contributed by atoms with Gasteiger partial charge in [0.05, 0.1) is 0 Å². The summed E-state index contributed by atoms with van der Waals surface area (Å²) in [6.45, 7) is 2.22. The highest BCUT2D eigenvalue weighted by Gasteiger charge is 2.38. The van der Waals surface area contributed by atoms with Crippen LogP contribution in [0.3, 0.4) is 0 Å². The van der Waals surface area contributed by atoms with Crippen LogP contribution in [0.25, 0.3) is 0 Å². The predicted octanol–water partition coefficient (Wildman–Crippen LogP) is 2.43. The normalized spacial score (nSPS) is 13.9. The second-order valence-corrected chi connectivity index (χ2v) is 6.32. The molecule has 0 spiro atoms. The van der Waals surface area contributed by atoms with Crippen molar-refractivity contribution in [1.82, 2.24) is 14.5 Å². The standard InChI is InChI=1S/C13H13BrN4O2.C2HF3O2/c14-9-7-10(13(19)20)12(16-8-9)18-3-1-11-15-2-4-17(11)5-6-18;3-2(4,5)1(6)7/h2,4,7-8H,1,3,5-6H2,(H,19,20);(H,6,7). The number of pyridine rings is 1. The van der Waals surface area contributed by atoms with E-state index in [9.17, 15) is 23.1 Å². The lowest BCUT2D eigenvalue weighted by atomic mass is 10.2. The zero-order chi connectivity index (χ0) is 20.2. The molecule has 0 bridgehead atoms. The van der Waals surface area contributed by atoms with Gasteiger partial charge in [0.1, 0.15) is 17.2 Å². The van der Waals surface area contributed by atoms with E-state index in [1.165, 1.54) is 0 Å². The molecule has 0 unspecified atom stereocenters. The van der Waals surface area contributed by atoms with Crippen LogP contribution in [-0.4, -0.2) is 56.0 Å². The minimum absolute atomic E-state index is 0.221. The molecule has 12 heteroatoms. The first kappa shape index (κ1) is 20.7. The van der Waals surface area contributed by atoms with Crippen molar-refractivity contribution in [3.05, 3.63) is 40.5 Å². The Balaban J connectivity index is 0.000000321. The molecule has 8 nitrogen and oxygen atoms in total. The van der Waals surface area contributed by atoms with Crippen LogP contribution in [0.15, 0.2) is 29.1 Å². The number of halogens is 4. The fourth-order valence-electron chi connectivity index (χ4n) is 2.40. The first-order valence-corrected chi connectivity index (χ1v) is 8.33.